The van der Waals surface area contributed by atoms with Gasteiger partial charge < -0.3 is 5.11 Å². The lowest BCUT2D eigenvalue weighted by molar-refractivity contribution is -0.116. The fourth-order valence-electron chi connectivity index (χ4n) is 0.524. The van der Waals surface area contributed by atoms with Gasteiger partial charge in [-0.1, -0.05) is 6.92 Å². The van der Waals surface area contributed by atoms with Gasteiger partial charge in [-0.25, -0.2) is 0 Å². The third-order valence-electron chi connectivity index (χ3n) is 1.19. The molecule has 3 nitrogen and oxygen atoms in total. The van der Waals surface area contributed by atoms with Gasteiger partial charge in [-0.3, -0.25) is 4.79 Å². The van der Waals surface area contributed by atoms with Crippen LogP contribution in [0.2, 0.25) is 0 Å². The van der Waals surface area contributed by atoms with Crippen LogP contribution in [0, 0.1) is 17.2 Å². The highest BCUT2D eigenvalue weighted by molar-refractivity contribution is 6.64. The second-order valence-corrected chi connectivity index (χ2v) is 2.26. The number of hydrogen-bond donors (Lipinski definition) is 1. The molecule has 4 heteroatoms. The van der Waals surface area contributed by atoms with Gasteiger partial charge in [0.15, 0.2) is 0 Å². The minimum Gasteiger partial charge on any atom is -0.391 e. The molecule has 0 aromatic rings. The molecule has 0 spiro atoms. The number of nitrogens with zero attached hydrogens (tertiary/aromatic N) is 1. The summed E-state index contributed by atoms with van der Waals surface area (Å²) >= 11 is 5.00. The zero-order valence-electron chi connectivity index (χ0n) is 5.54. The number of hydrogen-bond acceptors (Lipinski definition) is 3. The van der Waals surface area contributed by atoms with Crippen LogP contribution in [0.3, 0.4) is 0 Å². The molecular formula is C6H8ClNO2. The van der Waals surface area contributed by atoms with Crippen LogP contribution in [0.1, 0.15) is 13.3 Å². The minimum absolute atomic E-state index is 0.358. The summed E-state index contributed by atoms with van der Waals surface area (Å²) in [6, 6.07) is 1.62. The summed E-state index contributed by atoms with van der Waals surface area (Å²) in [5, 5.41) is 16.4. The Balaban J connectivity index is 4.10. The molecular weight excluding hydrogens is 154 g/mol. The average molecular weight is 162 g/mol. The molecule has 0 heterocycles. The Labute approximate surface area is 64.2 Å². The molecule has 2 atom stereocenters. The summed E-state index contributed by atoms with van der Waals surface area (Å²) in [5.41, 5.74) is 0. The maximum atomic E-state index is 10.4. The molecule has 0 amide bonds. The number of rotatable bonds is 3. The number of halogens is 1. The molecule has 1 N–H and O–H groups in total. The van der Waals surface area contributed by atoms with Gasteiger partial charge in [0.25, 0.3) is 0 Å². The summed E-state index contributed by atoms with van der Waals surface area (Å²) < 4.78 is 0. The van der Waals surface area contributed by atoms with Crippen molar-refractivity contribution in [3.63, 3.8) is 0 Å². The Bertz CT molecular complexity index is 164. The molecule has 0 aliphatic heterocycles. The fraction of sp³-hybridized carbons (Fsp3) is 0.667. The van der Waals surface area contributed by atoms with Crippen LogP contribution in [-0.4, -0.2) is 16.5 Å². The molecule has 0 aliphatic rings. The SMILES string of the molecule is CCC(O)C(C#N)C(=O)Cl. The van der Waals surface area contributed by atoms with Gasteiger partial charge in [0, 0.05) is 0 Å². The van der Waals surface area contributed by atoms with Crippen molar-refractivity contribution in [1.29, 1.82) is 5.26 Å². The fourth-order valence-corrected chi connectivity index (χ4v) is 0.718. The van der Waals surface area contributed by atoms with E-state index >= 15 is 0 Å². The van der Waals surface area contributed by atoms with Crippen LogP contribution in [-0.2, 0) is 4.79 Å². The first-order chi connectivity index (χ1) is 4.63. The van der Waals surface area contributed by atoms with E-state index in [0.29, 0.717) is 6.42 Å². The van der Waals surface area contributed by atoms with E-state index in [0.717, 1.165) is 0 Å². The highest BCUT2D eigenvalue weighted by atomic mass is 35.5. The Morgan fingerprint density at radius 3 is 2.50 bits per heavy atom. The van der Waals surface area contributed by atoms with Crippen LogP contribution in [0.25, 0.3) is 0 Å². The maximum Gasteiger partial charge on any atom is 0.241 e. The van der Waals surface area contributed by atoms with Gasteiger partial charge >= 0.3 is 0 Å². The summed E-state index contributed by atoms with van der Waals surface area (Å²) in [4.78, 5) is 10.4. The van der Waals surface area contributed by atoms with Gasteiger partial charge in [0.1, 0.15) is 5.92 Å². The van der Waals surface area contributed by atoms with Crippen molar-refractivity contribution in [1.82, 2.24) is 0 Å². The van der Waals surface area contributed by atoms with Crippen LogP contribution in [0.4, 0.5) is 0 Å². The third kappa shape index (κ3) is 2.34. The van der Waals surface area contributed by atoms with Crippen molar-refractivity contribution >= 4 is 16.8 Å². The molecule has 0 aromatic heterocycles. The topological polar surface area (TPSA) is 61.1 Å². The molecule has 0 fully saturated rings. The van der Waals surface area contributed by atoms with Crippen LogP contribution in [0.5, 0.6) is 0 Å². The van der Waals surface area contributed by atoms with Gasteiger partial charge in [0.05, 0.1) is 12.2 Å². The van der Waals surface area contributed by atoms with Gasteiger partial charge in [-0.2, -0.15) is 5.26 Å². The van der Waals surface area contributed by atoms with Crippen LogP contribution in [0.15, 0.2) is 0 Å². The highest BCUT2D eigenvalue weighted by Gasteiger charge is 2.22. The number of carbonyl (C=O) groups excluding carboxylic acids is 1. The average Bonchev–Trinajstić information content (AvgIpc) is 1.88. The zero-order valence-corrected chi connectivity index (χ0v) is 6.30. The molecule has 0 saturated carbocycles. The second kappa shape index (κ2) is 4.26. The first-order valence-corrected chi connectivity index (χ1v) is 3.28. The predicted octanol–water partition coefficient (Wildman–Crippen LogP) is 0.662. The first kappa shape index (κ1) is 9.41. The normalized spacial score (nSPS) is 15.4. The zero-order chi connectivity index (χ0) is 8.15. The standard InChI is InChI=1S/C6H8ClNO2/c1-2-5(9)4(3-8)6(7)10/h4-5,9H,2H2,1H3. The van der Waals surface area contributed by atoms with E-state index in [1.165, 1.54) is 0 Å². The second-order valence-electron chi connectivity index (χ2n) is 1.89. The number of aliphatic hydroxyl groups excluding tert-OH is 1. The lowest BCUT2D eigenvalue weighted by atomic mass is 10.0. The minimum atomic E-state index is -1.08. The Morgan fingerprint density at radius 1 is 1.90 bits per heavy atom. The van der Waals surface area contributed by atoms with Crippen molar-refractivity contribution in [3.8, 4) is 6.07 Å². The van der Waals surface area contributed by atoms with Crippen molar-refractivity contribution in [2.45, 2.75) is 19.4 Å². The number of carbonyl (C=O) groups is 1. The van der Waals surface area contributed by atoms with Crippen molar-refractivity contribution < 1.29 is 9.90 Å². The van der Waals surface area contributed by atoms with E-state index in [4.69, 9.17) is 22.0 Å². The van der Waals surface area contributed by atoms with E-state index in [2.05, 4.69) is 0 Å². The molecule has 0 rings (SSSR count). The number of nitriles is 1. The molecule has 0 bridgehead atoms. The van der Waals surface area contributed by atoms with E-state index in [9.17, 15) is 4.79 Å². The molecule has 0 saturated heterocycles. The van der Waals surface area contributed by atoms with E-state index in [1.54, 1.807) is 13.0 Å². The molecule has 0 radical (unpaired) electrons. The summed E-state index contributed by atoms with van der Waals surface area (Å²) in [7, 11) is 0. The Kier molecular flexibility index (Phi) is 4.01. The predicted molar refractivity (Wildman–Crippen MR) is 36.3 cm³/mol. The van der Waals surface area contributed by atoms with E-state index < -0.39 is 17.3 Å². The van der Waals surface area contributed by atoms with Crippen molar-refractivity contribution in [3.05, 3.63) is 0 Å². The van der Waals surface area contributed by atoms with E-state index in [1.807, 2.05) is 0 Å². The van der Waals surface area contributed by atoms with Gasteiger partial charge in [0.2, 0.25) is 5.24 Å². The Hall–Kier alpha value is -0.590. The molecule has 0 aromatic carbocycles. The maximum absolute atomic E-state index is 10.4. The monoisotopic (exact) mass is 161 g/mol. The molecule has 2 unspecified atom stereocenters. The highest BCUT2D eigenvalue weighted by Crippen LogP contribution is 2.09. The molecule has 0 aliphatic carbocycles. The molecule has 56 valence electrons. The lowest BCUT2D eigenvalue weighted by Gasteiger charge is -2.08. The van der Waals surface area contributed by atoms with Gasteiger partial charge in [-0.05, 0) is 18.0 Å². The quantitative estimate of drug-likeness (QED) is 0.619. The Morgan fingerprint density at radius 2 is 2.40 bits per heavy atom. The van der Waals surface area contributed by atoms with Gasteiger partial charge in [-0.15, -0.1) is 0 Å². The first-order valence-electron chi connectivity index (χ1n) is 2.90. The smallest absolute Gasteiger partial charge is 0.241 e. The third-order valence-corrected chi connectivity index (χ3v) is 1.42. The largest absolute Gasteiger partial charge is 0.391 e. The number of aliphatic hydroxyl groups is 1. The van der Waals surface area contributed by atoms with Crippen molar-refractivity contribution in [2.24, 2.45) is 5.92 Å². The summed E-state index contributed by atoms with van der Waals surface area (Å²) in [6.07, 6.45) is -0.577. The summed E-state index contributed by atoms with van der Waals surface area (Å²) in [6.45, 7) is 1.68. The van der Waals surface area contributed by atoms with Crippen LogP contribution < -0.4 is 0 Å². The summed E-state index contributed by atoms with van der Waals surface area (Å²) in [5.74, 6) is -1.08. The molecule has 10 heavy (non-hydrogen) atoms. The van der Waals surface area contributed by atoms with E-state index in [-0.39, 0.29) is 0 Å². The lowest BCUT2D eigenvalue weighted by Crippen LogP contribution is -2.22. The van der Waals surface area contributed by atoms with Crippen LogP contribution >= 0.6 is 11.6 Å². The van der Waals surface area contributed by atoms with Crippen molar-refractivity contribution in [2.75, 3.05) is 0 Å².